The van der Waals surface area contributed by atoms with Gasteiger partial charge in [0.25, 0.3) is 0 Å². The zero-order chi connectivity index (χ0) is 17.0. The van der Waals surface area contributed by atoms with Gasteiger partial charge in [0, 0.05) is 25.5 Å². The summed E-state index contributed by atoms with van der Waals surface area (Å²) in [5.74, 6) is 0.429. The van der Waals surface area contributed by atoms with Crippen molar-refractivity contribution in [3.05, 3.63) is 58.7 Å². The number of nitrogens with zero attached hydrogens (tertiary/aromatic N) is 2. The lowest BCUT2D eigenvalue weighted by Crippen LogP contribution is -2.23. The monoisotopic (exact) mass is 438 g/mol. The Bertz CT molecular complexity index is 723. The topological polar surface area (TPSA) is 53.6 Å². The fourth-order valence-corrected chi connectivity index (χ4v) is 2.40. The van der Waals surface area contributed by atoms with E-state index in [1.54, 1.807) is 0 Å². The Morgan fingerprint density at radius 2 is 1.75 bits per heavy atom. The van der Waals surface area contributed by atoms with Gasteiger partial charge in [0.05, 0.1) is 6.54 Å². The normalized spacial score (nSPS) is 11.0. The Morgan fingerprint density at radius 3 is 2.38 bits per heavy atom. The van der Waals surface area contributed by atoms with Crippen LogP contribution in [0.25, 0.3) is 0 Å². The number of guanidine groups is 1. The summed E-state index contributed by atoms with van der Waals surface area (Å²) < 4.78 is 0. The van der Waals surface area contributed by atoms with Gasteiger partial charge in [-0.25, -0.2) is 4.99 Å². The first-order valence-electron chi connectivity index (χ1n) is 7.78. The molecule has 0 aromatic heterocycles. The Labute approximate surface area is 162 Å². The van der Waals surface area contributed by atoms with Crippen LogP contribution in [0.5, 0.6) is 0 Å². The standard InChI is InChI=1S/C19H26N4.HI/c1-13-6-8-16(18(10-13)23(4)5)12-21-19(20)22-17-9-7-14(2)15(3)11-17;/h6-11H,12H2,1-5H3,(H3,20,21,22);1H. The summed E-state index contributed by atoms with van der Waals surface area (Å²) in [6.07, 6.45) is 0. The molecule has 2 aromatic rings. The molecule has 4 nitrogen and oxygen atoms in total. The zero-order valence-corrected chi connectivity index (χ0v) is 17.4. The predicted molar refractivity (Wildman–Crippen MR) is 116 cm³/mol. The van der Waals surface area contributed by atoms with Gasteiger partial charge in [-0.3, -0.25) is 0 Å². The summed E-state index contributed by atoms with van der Waals surface area (Å²) in [5.41, 5.74) is 13.1. The van der Waals surface area contributed by atoms with E-state index >= 15 is 0 Å². The van der Waals surface area contributed by atoms with Crippen molar-refractivity contribution >= 4 is 41.3 Å². The van der Waals surface area contributed by atoms with Crippen molar-refractivity contribution in [1.82, 2.24) is 0 Å². The molecule has 0 radical (unpaired) electrons. The van der Waals surface area contributed by atoms with E-state index in [-0.39, 0.29) is 24.0 Å². The molecule has 0 spiro atoms. The summed E-state index contributed by atoms with van der Waals surface area (Å²) >= 11 is 0. The quantitative estimate of drug-likeness (QED) is 0.427. The Balaban J connectivity index is 0.00000288. The fourth-order valence-electron chi connectivity index (χ4n) is 2.40. The van der Waals surface area contributed by atoms with Crippen molar-refractivity contribution in [1.29, 1.82) is 0 Å². The number of halogens is 1. The van der Waals surface area contributed by atoms with Gasteiger partial charge >= 0.3 is 0 Å². The van der Waals surface area contributed by atoms with Gasteiger partial charge in [0.2, 0.25) is 0 Å². The fraction of sp³-hybridized carbons (Fsp3) is 0.316. The van der Waals surface area contributed by atoms with Crippen LogP contribution >= 0.6 is 24.0 Å². The Hall–Kier alpha value is -1.76. The molecule has 24 heavy (non-hydrogen) atoms. The molecule has 0 aliphatic carbocycles. The molecule has 0 amide bonds. The maximum Gasteiger partial charge on any atom is 0.193 e. The first-order chi connectivity index (χ1) is 10.9. The highest BCUT2D eigenvalue weighted by Crippen LogP contribution is 2.21. The van der Waals surface area contributed by atoms with Crippen LogP contribution in [0.1, 0.15) is 22.3 Å². The molecule has 5 heteroatoms. The van der Waals surface area contributed by atoms with Crippen LogP contribution in [0.3, 0.4) is 0 Å². The molecule has 0 aliphatic heterocycles. The third-order valence-corrected chi connectivity index (χ3v) is 3.92. The largest absolute Gasteiger partial charge is 0.377 e. The Kier molecular flexibility index (Phi) is 7.54. The smallest absolute Gasteiger partial charge is 0.193 e. The molecule has 0 saturated carbocycles. The average Bonchev–Trinajstić information content (AvgIpc) is 2.49. The second-order valence-electron chi connectivity index (χ2n) is 6.15. The van der Waals surface area contributed by atoms with E-state index in [0.717, 1.165) is 11.3 Å². The number of benzene rings is 2. The molecule has 0 fully saturated rings. The van der Waals surface area contributed by atoms with Crippen LogP contribution in [0.15, 0.2) is 41.4 Å². The molecular formula is C19H27IN4. The van der Waals surface area contributed by atoms with E-state index in [0.29, 0.717) is 12.5 Å². The van der Waals surface area contributed by atoms with E-state index in [2.05, 4.69) is 66.3 Å². The van der Waals surface area contributed by atoms with Crippen molar-refractivity contribution in [2.75, 3.05) is 24.3 Å². The number of aliphatic imine (C=N–C) groups is 1. The summed E-state index contributed by atoms with van der Waals surface area (Å²) in [5, 5.41) is 3.15. The van der Waals surface area contributed by atoms with Gasteiger partial charge in [-0.05, 0) is 61.2 Å². The lowest BCUT2D eigenvalue weighted by atomic mass is 10.1. The predicted octanol–water partition coefficient (Wildman–Crippen LogP) is 4.22. The number of anilines is 2. The first kappa shape index (κ1) is 20.3. The van der Waals surface area contributed by atoms with E-state index in [4.69, 9.17) is 5.73 Å². The van der Waals surface area contributed by atoms with Crippen molar-refractivity contribution in [2.24, 2.45) is 10.7 Å². The molecule has 0 unspecified atom stereocenters. The molecule has 2 rings (SSSR count). The first-order valence-corrected chi connectivity index (χ1v) is 7.78. The highest BCUT2D eigenvalue weighted by Gasteiger charge is 2.05. The third-order valence-electron chi connectivity index (χ3n) is 3.92. The molecule has 3 N–H and O–H groups in total. The van der Waals surface area contributed by atoms with Gasteiger partial charge in [0.15, 0.2) is 5.96 Å². The lowest BCUT2D eigenvalue weighted by molar-refractivity contribution is 1.02. The zero-order valence-electron chi connectivity index (χ0n) is 15.1. The third kappa shape index (κ3) is 5.40. The van der Waals surface area contributed by atoms with Gasteiger partial charge in [0.1, 0.15) is 0 Å². The summed E-state index contributed by atoms with van der Waals surface area (Å²) in [6, 6.07) is 12.5. The molecule has 0 heterocycles. The summed E-state index contributed by atoms with van der Waals surface area (Å²) in [4.78, 5) is 6.57. The van der Waals surface area contributed by atoms with Crippen LogP contribution in [-0.2, 0) is 6.54 Å². The maximum atomic E-state index is 6.02. The number of hydrogen-bond acceptors (Lipinski definition) is 2. The minimum absolute atomic E-state index is 0. The van der Waals surface area contributed by atoms with Gasteiger partial charge < -0.3 is 16.0 Å². The average molecular weight is 438 g/mol. The number of hydrogen-bond donors (Lipinski definition) is 2. The SMILES string of the molecule is Cc1ccc(CN=C(N)Nc2ccc(C)c(C)c2)c(N(C)C)c1.I. The molecule has 0 aliphatic rings. The summed E-state index contributed by atoms with van der Waals surface area (Å²) in [7, 11) is 4.08. The van der Waals surface area contributed by atoms with E-state index in [1.807, 2.05) is 20.2 Å². The van der Waals surface area contributed by atoms with Crippen LogP contribution in [0, 0.1) is 20.8 Å². The number of rotatable bonds is 4. The van der Waals surface area contributed by atoms with Crippen LogP contribution in [-0.4, -0.2) is 20.1 Å². The highest BCUT2D eigenvalue weighted by molar-refractivity contribution is 14.0. The highest BCUT2D eigenvalue weighted by atomic mass is 127. The van der Waals surface area contributed by atoms with Gasteiger partial charge in [-0.1, -0.05) is 18.2 Å². The van der Waals surface area contributed by atoms with Crippen molar-refractivity contribution in [3.63, 3.8) is 0 Å². The van der Waals surface area contributed by atoms with Gasteiger partial charge in [-0.15, -0.1) is 24.0 Å². The van der Waals surface area contributed by atoms with Gasteiger partial charge in [-0.2, -0.15) is 0 Å². The maximum absolute atomic E-state index is 6.02. The Morgan fingerprint density at radius 1 is 1.04 bits per heavy atom. The van der Waals surface area contributed by atoms with Crippen molar-refractivity contribution in [3.8, 4) is 0 Å². The number of nitrogens with two attached hydrogens (primary N) is 1. The van der Waals surface area contributed by atoms with Crippen LogP contribution < -0.4 is 16.0 Å². The molecule has 0 atom stereocenters. The summed E-state index contributed by atoms with van der Waals surface area (Å²) in [6.45, 7) is 6.83. The number of nitrogens with one attached hydrogen (secondary N) is 1. The van der Waals surface area contributed by atoms with Crippen molar-refractivity contribution in [2.45, 2.75) is 27.3 Å². The minimum atomic E-state index is 0. The van der Waals surface area contributed by atoms with E-state index < -0.39 is 0 Å². The molecule has 0 bridgehead atoms. The molecule has 2 aromatic carbocycles. The molecular weight excluding hydrogens is 411 g/mol. The number of aryl methyl sites for hydroxylation is 3. The molecule has 0 saturated heterocycles. The van der Waals surface area contributed by atoms with E-state index in [9.17, 15) is 0 Å². The second kappa shape index (κ2) is 8.92. The lowest BCUT2D eigenvalue weighted by Gasteiger charge is -2.17. The van der Waals surface area contributed by atoms with Crippen molar-refractivity contribution < 1.29 is 0 Å². The van der Waals surface area contributed by atoms with E-state index in [1.165, 1.54) is 22.4 Å². The molecule has 130 valence electrons. The minimum Gasteiger partial charge on any atom is -0.377 e. The van der Waals surface area contributed by atoms with Crippen LogP contribution in [0.4, 0.5) is 11.4 Å². The second-order valence-corrected chi connectivity index (χ2v) is 6.15. The van der Waals surface area contributed by atoms with Crippen LogP contribution in [0.2, 0.25) is 0 Å².